The second kappa shape index (κ2) is 5.82. The van der Waals surface area contributed by atoms with Gasteiger partial charge in [0.1, 0.15) is 0 Å². The summed E-state index contributed by atoms with van der Waals surface area (Å²) in [5.74, 6) is -0.967. The predicted octanol–water partition coefficient (Wildman–Crippen LogP) is 1.83. The maximum Gasteiger partial charge on any atom is 0.356 e. The summed E-state index contributed by atoms with van der Waals surface area (Å²) in [5.41, 5.74) is 1.09. The second-order valence-electron chi connectivity index (χ2n) is 4.30. The van der Waals surface area contributed by atoms with Crippen molar-refractivity contribution in [2.45, 2.75) is 46.8 Å². The summed E-state index contributed by atoms with van der Waals surface area (Å²) < 4.78 is 1.76. The summed E-state index contributed by atoms with van der Waals surface area (Å²) in [6.45, 7) is 10.7. The molecule has 1 N–H and O–H groups in total. The lowest BCUT2D eigenvalue weighted by Gasteiger charge is -2.24. The number of carbonyl (C=O) groups is 1. The highest BCUT2D eigenvalue weighted by Crippen LogP contribution is 2.10. The molecule has 0 aliphatic rings. The van der Waals surface area contributed by atoms with E-state index >= 15 is 0 Å². The Morgan fingerprint density at radius 1 is 1.53 bits per heavy atom. The molecule has 0 amide bonds. The first kappa shape index (κ1) is 13.7. The molecule has 0 spiro atoms. The molecule has 0 aliphatic heterocycles. The SMILES string of the molecule is CCN(Cc1cc(C(=O)O)nn1CC)C(C)C. The van der Waals surface area contributed by atoms with E-state index in [-0.39, 0.29) is 5.69 Å². The number of hydrogen-bond acceptors (Lipinski definition) is 3. The molecular weight excluding hydrogens is 218 g/mol. The van der Waals surface area contributed by atoms with Crippen LogP contribution in [0.2, 0.25) is 0 Å². The van der Waals surface area contributed by atoms with Gasteiger partial charge < -0.3 is 5.11 Å². The van der Waals surface area contributed by atoms with Crippen LogP contribution in [0.25, 0.3) is 0 Å². The van der Waals surface area contributed by atoms with Crippen molar-refractivity contribution in [1.29, 1.82) is 0 Å². The van der Waals surface area contributed by atoms with Gasteiger partial charge >= 0.3 is 5.97 Å². The van der Waals surface area contributed by atoms with Crippen LogP contribution in [0, 0.1) is 0 Å². The molecule has 5 nitrogen and oxygen atoms in total. The van der Waals surface area contributed by atoms with Crippen LogP contribution in [0.15, 0.2) is 6.07 Å². The Morgan fingerprint density at radius 3 is 2.59 bits per heavy atom. The second-order valence-corrected chi connectivity index (χ2v) is 4.30. The molecule has 0 aliphatic carbocycles. The van der Waals surface area contributed by atoms with Crippen LogP contribution < -0.4 is 0 Å². The van der Waals surface area contributed by atoms with Crippen molar-refractivity contribution < 1.29 is 9.90 Å². The van der Waals surface area contributed by atoms with E-state index in [0.29, 0.717) is 12.6 Å². The number of aromatic carboxylic acids is 1. The molecule has 0 atom stereocenters. The Morgan fingerprint density at radius 2 is 2.18 bits per heavy atom. The first-order valence-corrected chi connectivity index (χ1v) is 6.03. The summed E-state index contributed by atoms with van der Waals surface area (Å²) in [4.78, 5) is 13.2. The van der Waals surface area contributed by atoms with Gasteiger partial charge in [-0.2, -0.15) is 5.10 Å². The highest BCUT2D eigenvalue weighted by molar-refractivity contribution is 5.85. The van der Waals surface area contributed by atoms with Crippen molar-refractivity contribution in [1.82, 2.24) is 14.7 Å². The smallest absolute Gasteiger partial charge is 0.356 e. The van der Waals surface area contributed by atoms with Gasteiger partial charge in [-0.05, 0) is 33.4 Å². The average molecular weight is 239 g/mol. The Hall–Kier alpha value is -1.36. The highest BCUT2D eigenvalue weighted by atomic mass is 16.4. The van der Waals surface area contributed by atoms with Crippen molar-refractivity contribution >= 4 is 5.97 Å². The number of rotatable bonds is 6. The van der Waals surface area contributed by atoms with Gasteiger partial charge in [0.25, 0.3) is 0 Å². The lowest BCUT2D eigenvalue weighted by atomic mass is 10.2. The molecule has 0 saturated heterocycles. The largest absolute Gasteiger partial charge is 0.476 e. The van der Waals surface area contributed by atoms with Crippen molar-refractivity contribution in [3.63, 3.8) is 0 Å². The topological polar surface area (TPSA) is 58.4 Å². The Balaban J connectivity index is 2.92. The van der Waals surface area contributed by atoms with E-state index in [1.165, 1.54) is 0 Å². The van der Waals surface area contributed by atoms with E-state index in [2.05, 4.69) is 30.8 Å². The fraction of sp³-hybridized carbons (Fsp3) is 0.667. The zero-order valence-corrected chi connectivity index (χ0v) is 11.0. The van der Waals surface area contributed by atoms with E-state index in [4.69, 9.17) is 5.11 Å². The molecule has 1 aromatic rings. The average Bonchev–Trinajstić information content (AvgIpc) is 2.68. The van der Waals surface area contributed by atoms with Gasteiger partial charge in [0.2, 0.25) is 0 Å². The Labute approximate surface area is 102 Å². The summed E-state index contributed by atoms with van der Waals surface area (Å²) in [5, 5.41) is 13.0. The maximum absolute atomic E-state index is 10.9. The minimum Gasteiger partial charge on any atom is -0.476 e. The minimum absolute atomic E-state index is 0.127. The molecule has 0 unspecified atom stereocenters. The van der Waals surface area contributed by atoms with Crippen LogP contribution in [0.3, 0.4) is 0 Å². The Bertz CT molecular complexity index is 385. The minimum atomic E-state index is -0.967. The number of aryl methyl sites for hydroxylation is 1. The molecular formula is C12H21N3O2. The lowest BCUT2D eigenvalue weighted by Crippen LogP contribution is -2.30. The van der Waals surface area contributed by atoms with Gasteiger partial charge in [0.15, 0.2) is 5.69 Å². The molecule has 5 heteroatoms. The summed E-state index contributed by atoms with van der Waals surface area (Å²) >= 11 is 0. The van der Waals surface area contributed by atoms with E-state index in [9.17, 15) is 4.79 Å². The molecule has 96 valence electrons. The molecule has 1 rings (SSSR count). The normalized spacial score (nSPS) is 11.4. The van der Waals surface area contributed by atoms with Crippen molar-refractivity contribution in [3.8, 4) is 0 Å². The third-order valence-corrected chi connectivity index (χ3v) is 2.88. The molecule has 0 fully saturated rings. The van der Waals surface area contributed by atoms with Crippen molar-refractivity contribution in [2.75, 3.05) is 6.54 Å². The van der Waals surface area contributed by atoms with E-state index in [1.54, 1.807) is 10.7 Å². The van der Waals surface area contributed by atoms with Crippen LogP contribution in [0.5, 0.6) is 0 Å². The quantitative estimate of drug-likeness (QED) is 0.822. The van der Waals surface area contributed by atoms with Crippen molar-refractivity contribution in [2.24, 2.45) is 0 Å². The van der Waals surface area contributed by atoms with Gasteiger partial charge in [-0.3, -0.25) is 9.58 Å². The molecule has 0 aromatic carbocycles. The monoisotopic (exact) mass is 239 g/mol. The van der Waals surface area contributed by atoms with E-state index in [1.807, 2.05) is 6.92 Å². The van der Waals surface area contributed by atoms with Crippen LogP contribution in [-0.4, -0.2) is 38.3 Å². The number of aromatic nitrogens is 2. The van der Waals surface area contributed by atoms with Crippen LogP contribution in [0.4, 0.5) is 0 Å². The zero-order valence-electron chi connectivity index (χ0n) is 11.0. The van der Waals surface area contributed by atoms with Crippen LogP contribution >= 0.6 is 0 Å². The van der Waals surface area contributed by atoms with Gasteiger partial charge in [-0.1, -0.05) is 6.92 Å². The van der Waals surface area contributed by atoms with E-state index in [0.717, 1.165) is 18.8 Å². The molecule has 1 aromatic heterocycles. The number of carboxylic acid groups (broad SMARTS) is 1. The van der Waals surface area contributed by atoms with Gasteiger partial charge in [0.05, 0.1) is 5.69 Å². The third-order valence-electron chi connectivity index (χ3n) is 2.88. The summed E-state index contributed by atoms with van der Waals surface area (Å²) in [7, 11) is 0. The van der Waals surface area contributed by atoms with Gasteiger partial charge in [0, 0.05) is 19.1 Å². The standard InChI is InChI=1S/C12H21N3O2/c1-5-14(9(3)4)8-10-7-11(12(16)17)13-15(10)6-2/h7,9H,5-6,8H2,1-4H3,(H,16,17). The fourth-order valence-corrected chi connectivity index (χ4v) is 1.83. The van der Waals surface area contributed by atoms with Crippen molar-refractivity contribution in [3.05, 3.63) is 17.5 Å². The fourth-order valence-electron chi connectivity index (χ4n) is 1.83. The first-order valence-electron chi connectivity index (χ1n) is 6.03. The number of hydrogen-bond donors (Lipinski definition) is 1. The maximum atomic E-state index is 10.9. The van der Waals surface area contributed by atoms with Gasteiger partial charge in [-0.15, -0.1) is 0 Å². The van der Waals surface area contributed by atoms with Crippen LogP contribution in [-0.2, 0) is 13.1 Å². The van der Waals surface area contributed by atoms with Crippen LogP contribution in [0.1, 0.15) is 43.9 Å². The Kier molecular flexibility index (Phi) is 4.69. The van der Waals surface area contributed by atoms with E-state index < -0.39 is 5.97 Å². The zero-order chi connectivity index (χ0) is 13.0. The first-order chi connectivity index (χ1) is 7.99. The number of carboxylic acids is 1. The summed E-state index contributed by atoms with van der Waals surface area (Å²) in [6.07, 6.45) is 0. The molecule has 1 heterocycles. The highest BCUT2D eigenvalue weighted by Gasteiger charge is 2.15. The molecule has 0 bridgehead atoms. The molecule has 17 heavy (non-hydrogen) atoms. The summed E-state index contributed by atoms with van der Waals surface area (Å²) in [6, 6.07) is 2.10. The number of nitrogens with zero attached hydrogens (tertiary/aromatic N) is 3. The predicted molar refractivity (Wildman–Crippen MR) is 66.1 cm³/mol. The van der Waals surface area contributed by atoms with Gasteiger partial charge in [-0.25, -0.2) is 4.79 Å². The molecule has 0 saturated carbocycles. The lowest BCUT2D eigenvalue weighted by molar-refractivity contribution is 0.0689. The third kappa shape index (κ3) is 3.30. The molecule has 0 radical (unpaired) electrons.